The molecule has 0 aliphatic rings. The van der Waals surface area contributed by atoms with E-state index < -0.39 is 15.1 Å². The third-order valence-electron chi connectivity index (χ3n) is 1.78. The third kappa shape index (κ3) is 24.6. The van der Waals surface area contributed by atoms with E-state index in [9.17, 15) is 0 Å². The summed E-state index contributed by atoms with van der Waals surface area (Å²) >= 11 is -0.931. The Balaban J connectivity index is 0. The zero-order chi connectivity index (χ0) is 10.7. The van der Waals surface area contributed by atoms with Crippen molar-refractivity contribution in [2.75, 3.05) is 0 Å². The van der Waals surface area contributed by atoms with Gasteiger partial charge in [-0.3, -0.25) is 0 Å². The van der Waals surface area contributed by atoms with Gasteiger partial charge in [0.15, 0.2) is 0 Å². The quantitative estimate of drug-likeness (QED) is 0.478. The summed E-state index contributed by atoms with van der Waals surface area (Å²) in [6.07, 6.45) is 6.98. The van der Waals surface area contributed by atoms with Crippen molar-refractivity contribution in [1.29, 1.82) is 0 Å². The predicted octanol–water partition coefficient (Wildman–Crippen LogP) is 5.38. The van der Waals surface area contributed by atoms with Gasteiger partial charge in [0.1, 0.15) is 0 Å². The number of halogens is 2. The molecule has 0 heterocycles. The van der Waals surface area contributed by atoms with Crippen LogP contribution in [0.5, 0.6) is 0 Å². The molecular weight excluding hydrogens is 256 g/mol. The summed E-state index contributed by atoms with van der Waals surface area (Å²) in [5, 5.41) is 0. The average Bonchev–Trinajstić information content (AvgIpc) is 1.98. The number of hydrogen-bond donors (Lipinski definition) is 0. The second kappa shape index (κ2) is 11.3. The van der Waals surface area contributed by atoms with Gasteiger partial charge >= 0.3 is 34.5 Å². The van der Waals surface area contributed by atoms with E-state index in [4.69, 9.17) is 19.4 Å². The van der Waals surface area contributed by atoms with E-state index in [1.54, 1.807) is 0 Å². The molecule has 78 valence electrons. The number of hydrogen-bond acceptors (Lipinski definition) is 0. The molecule has 0 spiro atoms. The van der Waals surface area contributed by atoms with Crippen LogP contribution in [0.3, 0.4) is 0 Å². The summed E-state index contributed by atoms with van der Waals surface area (Å²) < 4.78 is 0. The Morgan fingerprint density at radius 1 is 1.00 bits per heavy atom. The molecule has 0 saturated carbocycles. The first-order valence-corrected chi connectivity index (χ1v) is 12.9. The van der Waals surface area contributed by atoms with Crippen molar-refractivity contribution in [3.63, 3.8) is 0 Å². The molecule has 13 heavy (non-hydrogen) atoms. The minimum atomic E-state index is -0.931. The molecule has 0 aliphatic carbocycles. The minimum absolute atomic E-state index is 0.549. The summed E-state index contributed by atoms with van der Waals surface area (Å²) in [7, 11) is 9.90. The molecule has 0 aliphatic heterocycles. The first-order chi connectivity index (χ1) is 5.97. The van der Waals surface area contributed by atoms with Crippen molar-refractivity contribution in [2.45, 2.75) is 59.8 Å². The van der Waals surface area contributed by atoms with Gasteiger partial charge in [-0.15, -0.1) is 0 Å². The van der Waals surface area contributed by atoms with Crippen LogP contribution in [0.1, 0.15) is 59.8 Å². The van der Waals surface area contributed by atoms with Gasteiger partial charge in [0.2, 0.25) is 0 Å². The molecule has 0 aromatic heterocycles. The van der Waals surface area contributed by atoms with Crippen molar-refractivity contribution < 1.29 is 15.1 Å². The molecule has 0 fully saturated rings. The maximum atomic E-state index is 4.95. The molecule has 0 amide bonds. The normalized spacial score (nSPS) is 10.0. The van der Waals surface area contributed by atoms with Gasteiger partial charge in [0.05, 0.1) is 0 Å². The maximum absolute atomic E-state index is 4.95. The number of rotatable bonds is 4. The van der Waals surface area contributed by atoms with Crippen LogP contribution in [0.4, 0.5) is 0 Å². The Hall–Kier alpha value is 1.20. The summed E-state index contributed by atoms with van der Waals surface area (Å²) in [5.41, 5.74) is 0.549. The monoisotopic (exact) mass is 276 g/mol. The second-order valence-corrected chi connectivity index (χ2v) is 9.10. The van der Waals surface area contributed by atoms with E-state index in [2.05, 4.69) is 27.7 Å². The van der Waals surface area contributed by atoms with Gasteiger partial charge in [-0.25, -0.2) is 0 Å². The van der Waals surface area contributed by atoms with Crippen molar-refractivity contribution in [1.82, 2.24) is 0 Å². The van der Waals surface area contributed by atoms with E-state index in [0.717, 1.165) is 0 Å². The predicted molar refractivity (Wildman–Crippen MR) is 59.9 cm³/mol. The fourth-order valence-corrected chi connectivity index (χ4v) is 1.08. The Labute approximate surface area is 99.4 Å². The molecule has 0 N–H and O–H groups in total. The van der Waals surface area contributed by atoms with Crippen molar-refractivity contribution in [3.05, 3.63) is 0 Å². The van der Waals surface area contributed by atoms with Crippen LogP contribution in [0.15, 0.2) is 0 Å². The molecule has 0 atom stereocenters. The van der Waals surface area contributed by atoms with Crippen LogP contribution in [-0.4, -0.2) is 0 Å². The topological polar surface area (TPSA) is 0 Å². The first kappa shape index (κ1) is 16.6. The molecule has 0 bridgehead atoms. The summed E-state index contributed by atoms with van der Waals surface area (Å²) in [4.78, 5) is 0. The van der Waals surface area contributed by atoms with Crippen LogP contribution < -0.4 is 0 Å². The first-order valence-electron chi connectivity index (χ1n) is 5.10. The average molecular weight is 279 g/mol. The molecule has 0 aromatic carbocycles. The van der Waals surface area contributed by atoms with Crippen molar-refractivity contribution in [2.24, 2.45) is 5.41 Å². The summed E-state index contributed by atoms with van der Waals surface area (Å²) in [6.45, 7) is 9.22. The molecule has 0 saturated heterocycles. The van der Waals surface area contributed by atoms with Gasteiger partial charge in [-0.2, -0.15) is 0 Å². The van der Waals surface area contributed by atoms with Crippen LogP contribution >= 0.6 is 19.4 Å². The Bertz CT molecular complexity index is 89.4. The molecule has 0 radical (unpaired) electrons. The fourth-order valence-electron chi connectivity index (χ4n) is 1.08. The second-order valence-electron chi connectivity index (χ2n) is 4.47. The molecule has 0 nitrogen and oxygen atoms in total. The Kier molecular flexibility index (Phi) is 14.4. The summed E-state index contributed by atoms with van der Waals surface area (Å²) in [6, 6.07) is 0. The molecular formula is C10H22Cl2Zn. The van der Waals surface area contributed by atoms with E-state index >= 15 is 0 Å². The molecule has 0 unspecified atom stereocenters. The third-order valence-corrected chi connectivity index (χ3v) is 1.78. The van der Waals surface area contributed by atoms with Gasteiger partial charge in [-0.05, 0) is 11.8 Å². The molecule has 0 aromatic rings. The van der Waals surface area contributed by atoms with Gasteiger partial charge in [0.25, 0.3) is 0 Å². The van der Waals surface area contributed by atoms with Crippen molar-refractivity contribution >= 4 is 19.4 Å². The van der Waals surface area contributed by atoms with E-state index in [1.807, 2.05) is 0 Å². The zero-order valence-electron chi connectivity index (χ0n) is 9.50. The van der Waals surface area contributed by atoms with Crippen LogP contribution in [0.25, 0.3) is 0 Å². The SMILES string of the molecule is CCCCCCC(C)(C)C.[Cl][Zn][Cl]. The van der Waals surface area contributed by atoms with E-state index in [1.165, 1.54) is 32.1 Å². The van der Waals surface area contributed by atoms with Gasteiger partial charge in [-0.1, -0.05) is 53.4 Å². The van der Waals surface area contributed by atoms with E-state index in [-0.39, 0.29) is 0 Å². The van der Waals surface area contributed by atoms with Crippen LogP contribution in [-0.2, 0) is 15.1 Å². The standard InChI is InChI=1S/C10H22.2ClH.Zn/c1-5-6-7-8-9-10(2,3)4;;;/h5-9H2,1-4H3;2*1H;/q;;;+2/p-2. The zero-order valence-corrected chi connectivity index (χ0v) is 14.0. The van der Waals surface area contributed by atoms with E-state index in [0.29, 0.717) is 5.41 Å². The summed E-state index contributed by atoms with van der Waals surface area (Å²) in [5.74, 6) is 0. The Morgan fingerprint density at radius 2 is 1.46 bits per heavy atom. The van der Waals surface area contributed by atoms with Crippen LogP contribution in [0.2, 0.25) is 0 Å². The fraction of sp³-hybridized carbons (Fsp3) is 1.00. The molecule has 0 rings (SSSR count). The molecule has 3 heteroatoms. The Morgan fingerprint density at radius 3 is 1.77 bits per heavy atom. The van der Waals surface area contributed by atoms with Crippen molar-refractivity contribution in [3.8, 4) is 0 Å². The van der Waals surface area contributed by atoms with Crippen LogP contribution in [0, 0.1) is 5.41 Å². The number of unbranched alkanes of at least 4 members (excludes halogenated alkanes) is 3. The van der Waals surface area contributed by atoms with Gasteiger partial charge in [0, 0.05) is 0 Å². The van der Waals surface area contributed by atoms with Gasteiger partial charge < -0.3 is 0 Å².